The number of aromatic nitrogens is 1. The number of benzene rings is 2. The highest BCUT2D eigenvalue weighted by molar-refractivity contribution is 7.13. The summed E-state index contributed by atoms with van der Waals surface area (Å²) in [6.45, 7) is 3.15. The van der Waals surface area contributed by atoms with Gasteiger partial charge in [-0.25, -0.2) is 4.98 Å². The van der Waals surface area contributed by atoms with Gasteiger partial charge in [0.05, 0.1) is 25.8 Å². The minimum atomic E-state index is 0.00686. The smallest absolute Gasteiger partial charge is 0.224 e. The number of carbonyl (C=O) groups is 1. The van der Waals surface area contributed by atoms with Gasteiger partial charge >= 0.3 is 0 Å². The van der Waals surface area contributed by atoms with Crippen LogP contribution in [0.1, 0.15) is 18.2 Å². The number of carbonyl (C=O) groups excluding carboxylic acids is 1. The Labute approximate surface area is 169 Å². The van der Waals surface area contributed by atoms with Crippen molar-refractivity contribution in [3.8, 4) is 22.1 Å². The van der Waals surface area contributed by atoms with Crippen molar-refractivity contribution in [3.05, 3.63) is 65.2 Å². The van der Waals surface area contributed by atoms with Crippen molar-refractivity contribution in [2.45, 2.75) is 19.8 Å². The largest absolute Gasteiger partial charge is 0.497 e. The highest BCUT2D eigenvalue weighted by Crippen LogP contribution is 2.26. The van der Waals surface area contributed by atoms with E-state index in [-0.39, 0.29) is 5.91 Å². The molecule has 1 aromatic heterocycles. The van der Waals surface area contributed by atoms with Crippen LogP contribution < -0.4 is 14.8 Å². The Morgan fingerprint density at radius 2 is 1.96 bits per heavy atom. The van der Waals surface area contributed by atoms with E-state index in [1.807, 2.05) is 60.8 Å². The van der Waals surface area contributed by atoms with Crippen LogP contribution in [0.4, 0.5) is 0 Å². The van der Waals surface area contributed by atoms with Gasteiger partial charge in [0, 0.05) is 23.9 Å². The summed E-state index contributed by atoms with van der Waals surface area (Å²) in [5.41, 5.74) is 2.98. The van der Waals surface area contributed by atoms with Crippen LogP contribution in [0.25, 0.3) is 10.6 Å². The first-order valence-corrected chi connectivity index (χ1v) is 10.1. The molecule has 5 nitrogen and oxygen atoms in total. The highest BCUT2D eigenvalue weighted by Gasteiger charge is 2.07. The number of hydrogen-bond acceptors (Lipinski definition) is 5. The Kier molecular flexibility index (Phi) is 7.03. The van der Waals surface area contributed by atoms with Crippen LogP contribution in [-0.4, -0.2) is 31.2 Å². The molecule has 0 bridgehead atoms. The van der Waals surface area contributed by atoms with Crippen molar-refractivity contribution in [1.29, 1.82) is 0 Å². The van der Waals surface area contributed by atoms with Gasteiger partial charge in [-0.2, -0.15) is 0 Å². The maximum Gasteiger partial charge on any atom is 0.224 e. The zero-order valence-corrected chi connectivity index (χ0v) is 16.9. The number of rotatable bonds is 9. The van der Waals surface area contributed by atoms with Crippen LogP contribution in [0.15, 0.2) is 53.9 Å². The van der Waals surface area contributed by atoms with Gasteiger partial charge in [-0.15, -0.1) is 11.3 Å². The Morgan fingerprint density at radius 3 is 2.71 bits per heavy atom. The number of nitrogens with zero attached hydrogens (tertiary/aromatic N) is 1. The number of ether oxygens (including phenoxy) is 2. The summed E-state index contributed by atoms with van der Waals surface area (Å²) in [5, 5.41) is 5.95. The van der Waals surface area contributed by atoms with Crippen LogP contribution in [0.2, 0.25) is 0 Å². The molecule has 1 heterocycles. The quantitative estimate of drug-likeness (QED) is 0.591. The first-order chi connectivity index (χ1) is 13.7. The first kappa shape index (κ1) is 19.9. The summed E-state index contributed by atoms with van der Waals surface area (Å²) < 4.78 is 10.7. The first-order valence-electron chi connectivity index (χ1n) is 9.25. The second-order valence-electron chi connectivity index (χ2n) is 6.23. The average molecular weight is 397 g/mol. The SMILES string of the molecule is CCOc1ccc(CC(=O)NCCc2csc(-c3cccc(OC)c3)n2)cc1. The third-order valence-electron chi connectivity index (χ3n) is 4.17. The van der Waals surface area contributed by atoms with E-state index >= 15 is 0 Å². The van der Waals surface area contributed by atoms with Gasteiger partial charge < -0.3 is 14.8 Å². The van der Waals surface area contributed by atoms with Gasteiger partial charge in [0.2, 0.25) is 5.91 Å². The molecule has 0 atom stereocenters. The topological polar surface area (TPSA) is 60.5 Å². The molecule has 0 saturated carbocycles. The van der Waals surface area contributed by atoms with Gasteiger partial charge in [0.1, 0.15) is 16.5 Å². The van der Waals surface area contributed by atoms with Crippen molar-refractivity contribution in [1.82, 2.24) is 10.3 Å². The minimum absolute atomic E-state index is 0.00686. The molecule has 2 aromatic carbocycles. The number of amides is 1. The molecule has 1 amide bonds. The molecule has 1 N–H and O–H groups in total. The highest BCUT2D eigenvalue weighted by atomic mass is 32.1. The molecule has 6 heteroatoms. The van der Waals surface area contributed by atoms with Crippen molar-refractivity contribution < 1.29 is 14.3 Å². The predicted octanol–water partition coefficient (Wildman–Crippen LogP) is 4.12. The Morgan fingerprint density at radius 1 is 1.14 bits per heavy atom. The molecule has 0 spiro atoms. The standard InChI is InChI=1S/C22H24N2O3S/c1-3-27-19-9-7-16(8-10-19)13-21(25)23-12-11-18-15-28-22(24-18)17-5-4-6-20(14-17)26-2/h4-10,14-15H,3,11-13H2,1-2H3,(H,23,25). The summed E-state index contributed by atoms with van der Waals surface area (Å²) in [6, 6.07) is 15.5. The average Bonchev–Trinajstić information content (AvgIpc) is 3.19. The summed E-state index contributed by atoms with van der Waals surface area (Å²) >= 11 is 1.60. The van der Waals surface area contributed by atoms with E-state index in [1.54, 1.807) is 18.4 Å². The molecule has 0 unspecified atom stereocenters. The van der Waals surface area contributed by atoms with Crippen molar-refractivity contribution in [2.75, 3.05) is 20.3 Å². The van der Waals surface area contributed by atoms with E-state index in [2.05, 4.69) is 10.3 Å². The molecular weight excluding hydrogens is 372 g/mol. The minimum Gasteiger partial charge on any atom is -0.497 e. The number of hydrogen-bond donors (Lipinski definition) is 1. The monoisotopic (exact) mass is 396 g/mol. The van der Waals surface area contributed by atoms with E-state index < -0.39 is 0 Å². The maximum atomic E-state index is 12.1. The zero-order valence-electron chi connectivity index (χ0n) is 16.1. The summed E-state index contributed by atoms with van der Waals surface area (Å²) in [7, 11) is 1.66. The third kappa shape index (κ3) is 5.57. The van der Waals surface area contributed by atoms with Crippen LogP contribution in [-0.2, 0) is 17.6 Å². The van der Waals surface area contributed by atoms with Crippen molar-refractivity contribution >= 4 is 17.2 Å². The summed E-state index contributed by atoms with van der Waals surface area (Å²) in [6.07, 6.45) is 1.06. The van der Waals surface area contributed by atoms with E-state index in [1.165, 1.54) is 0 Å². The number of methoxy groups -OCH3 is 1. The molecule has 0 radical (unpaired) electrons. The second kappa shape index (κ2) is 9.90. The van der Waals surface area contributed by atoms with E-state index in [0.29, 0.717) is 26.0 Å². The van der Waals surface area contributed by atoms with Crippen molar-refractivity contribution in [2.24, 2.45) is 0 Å². The number of nitrogens with one attached hydrogen (secondary N) is 1. The normalized spacial score (nSPS) is 10.5. The second-order valence-corrected chi connectivity index (χ2v) is 7.09. The lowest BCUT2D eigenvalue weighted by Crippen LogP contribution is -2.27. The molecule has 0 fully saturated rings. The molecule has 146 valence electrons. The lowest BCUT2D eigenvalue weighted by atomic mass is 10.1. The van der Waals surface area contributed by atoms with Gasteiger partial charge in [-0.05, 0) is 36.8 Å². The van der Waals surface area contributed by atoms with Crippen LogP contribution >= 0.6 is 11.3 Å². The lowest BCUT2D eigenvalue weighted by Gasteiger charge is -2.06. The number of thiazole rings is 1. The fourth-order valence-electron chi connectivity index (χ4n) is 2.76. The summed E-state index contributed by atoms with van der Waals surface area (Å²) in [5.74, 6) is 1.64. The molecule has 0 aliphatic carbocycles. The Hall–Kier alpha value is -2.86. The van der Waals surface area contributed by atoms with Crippen LogP contribution in [0, 0.1) is 0 Å². The maximum absolute atomic E-state index is 12.1. The van der Waals surface area contributed by atoms with Gasteiger partial charge in [0.15, 0.2) is 0 Å². The molecule has 28 heavy (non-hydrogen) atoms. The molecule has 0 aliphatic rings. The Bertz CT molecular complexity index is 906. The van der Waals surface area contributed by atoms with Crippen LogP contribution in [0.3, 0.4) is 0 Å². The molecule has 0 aliphatic heterocycles. The predicted molar refractivity (Wildman–Crippen MR) is 112 cm³/mol. The van der Waals surface area contributed by atoms with Crippen molar-refractivity contribution in [3.63, 3.8) is 0 Å². The molecule has 0 saturated heterocycles. The zero-order chi connectivity index (χ0) is 19.8. The van der Waals surface area contributed by atoms with E-state index in [9.17, 15) is 4.79 Å². The lowest BCUT2D eigenvalue weighted by molar-refractivity contribution is -0.120. The molecule has 3 aromatic rings. The van der Waals surface area contributed by atoms with E-state index in [4.69, 9.17) is 9.47 Å². The fourth-order valence-corrected chi connectivity index (χ4v) is 3.61. The van der Waals surface area contributed by atoms with Gasteiger partial charge in [-0.1, -0.05) is 24.3 Å². The fraction of sp³-hybridized carbons (Fsp3) is 0.273. The summed E-state index contributed by atoms with van der Waals surface area (Å²) in [4.78, 5) is 16.8. The van der Waals surface area contributed by atoms with Gasteiger partial charge in [-0.3, -0.25) is 4.79 Å². The molecular formula is C22H24N2O3S. The van der Waals surface area contributed by atoms with Crippen LogP contribution in [0.5, 0.6) is 11.5 Å². The van der Waals surface area contributed by atoms with E-state index in [0.717, 1.165) is 33.3 Å². The Balaban J connectivity index is 1.47. The molecule has 3 rings (SSSR count). The van der Waals surface area contributed by atoms with Gasteiger partial charge in [0.25, 0.3) is 0 Å². The third-order valence-corrected chi connectivity index (χ3v) is 5.11.